The van der Waals surface area contributed by atoms with Crippen LogP contribution in [0, 0.1) is 6.92 Å². The third-order valence-electron chi connectivity index (χ3n) is 3.40. The molecule has 0 atom stereocenters. The van der Waals surface area contributed by atoms with Crippen molar-refractivity contribution in [3.05, 3.63) is 88.9 Å². The van der Waals surface area contributed by atoms with Crippen LogP contribution in [0.5, 0.6) is 0 Å². The van der Waals surface area contributed by atoms with Gasteiger partial charge in [-0.2, -0.15) is 0 Å². The van der Waals surface area contributed by atoms with Crippen molar-refractivity contribution in [1.29, 1.82) is 0 Å². The quantitative estimate of drug-likeness (QED) is 0.547. The third kappa shape index (κ3) is 3.01. The van der Waals surface area contributed by atoms with Gasteiger partial charge in [-0.1, -0.05) is 48.0 Å². The minimum atomic E-state index is 1.08. The zero-order chi connectivity index (χ0) is 14.7. The van der Waals surface area contributed by atoms with E-state index in [1.54, 1.807) is 0 Å². The van der Waals surface area contributed by atoms with Crippen LogP contribution in [0.15, 0.2) is 83.3 Å². The summed E-state index contributed by atoms with van der Waals surface area (Å²) in [5.41, 5.74) is 4.69. The molecule has 0 aliphatic rings. The molecule has 0 radical (unpaired) electrons. The number of para-hydroxylation sites is 2. The summed E-state index contributed by atoms with van der Waals surface area (Å²) < 4.78 is 1.08. The van der Waals surface area contributed by atoms with E-state index in [0.29, 0.717) is 0 Å². The topological polar surface area (TPSA) is 3.24 Å². The van der Waals surface area contributed by atoms with Gasteiger partial charge in [0.15, 0.2) is 0 Å². The highest BCUT2D eigenvalue weighted by Crippen LogP contribution is 2.38. The Morgan fingerprint density at radius 3 is 1.90 bits per heavy atom. The number of anilines is 3. The molecule has 2 heteroatoms. The van der Waals surface area contributed by atoms with Crippen LogP contribution in [0.1, 0.15) is 5.56 Å². The number of hydrogen-bond acceptors (Lipinski definition) is 1. The Kier molecular flexibility index (Phi) is 4.07. The predicted molar refractivity (Wildman–Crippen MR) is 93.6 cm³/mol. The molecule has 1 nitrogen and oxygen atoms in total. The van der Waals surface area contributed by atoms with Gasteiger partial charge in [0.25, 0.3) is 0 Å². The van der Waals surface area contributed by atoms with Crippen molar-refractivity contribution < 1.29 is 0 Å². The van der Waals surface area contributed by atoms with Gasteiger partial charge in [0.2, 0.25) is 0 Å². The largest absolute Gasteiger partial charge is 0.309 e. The minimum absolute atomic E-state index is 1.08. The lowest BCUT2D eigenvalue weighted by Gasteiger charge is -2.26. The van der Waals surface area contributed by atoms with Crippen LogP contribution in [0.2, 0.25) is 0 Å². The van der Waals surface area contributed by atoms with Crippen molar-refractivity contribution in [1.82, 2.24) is 0 Å². The molecule has 0 saturated carbocycles. The molecule has 0 saturated heterocycles. The Morgan fingerprint density at radius 2 is 1.24 bits per heavy atom. The molecule has 3 aromatic rings. The van der Waals surface area contributed by atoms with Crippen molar-refractivity contribution >= 4 is 33.0 Å². The van der Waals surface area contributed by atoms with Crippen molar-refractivity contribution in [3.8, 4) is 0 Å². The standard InChI is InChI=1S/C19H16BrN/c1-15-11-13-17(14-12-15)21(16-7-3-2-4-8-16)19-10-6-5-9-18(19)20/h2-14H,1H3. The number of rotatable bonds is 3. The Bertz CT molecular complexity index is 720. The fourth-order valence-corrected chi connectivity index (χ4v) is 2.79. The fourth-order valence-electron chi connectivity index (χ4n) is 2.33. The summed E-state index contributed by atoms with van der Waals surface area (Å²) in [6.45, 7) is 2.11. The van der Waals surface area contributed by atoms with E-state index in [1.807, 2.05) is 12.1 Å². The van der Waals surface area contributed by atoms with Gasteiger partial charge in [0.1, 0.15) is 0 Å². The van der Waals surface area contributed by atoms with E-state index in [2.05, 4.69) is 94.5 Å². The van der Waals surface area contributed by atoms with Crippen molar-refractivity contribution in [2.24, 2.45) is 0 Å². The van der Waals surface area contributed by atoms with E-state index in [9.17, 15) is 0 Å². The van der Waals surface area contributed by atoms with Crippen molar-refractivity contribution in [2.75, 3.05) is 4.90 Å². The normalized spacial score (nSPS) is 10.4. The van der Waals surface area contributed by atoms with Crippen LogP contribution in [0.25, 0.3) is 0 Å². The van der Waals surface area contributed by atoms with Gasteiger partial charge in [-0.3, -0.25) is 0 Å². The summed E-state index contributed by atoms with van der Waals surface area (Å²) >= 11 is 3.66. The second-order valence-corrected chi connectivity index (χ2v) is 5.81. The van der Waals surface area contributed by atoms with Crippen LogP contribution in [-0.2, 0) is 0 Å². The smallest absolute Gasteiger partial charge is 0.0603 e. The first-order chi connectivity index (χ1) is 10.3. The van der Waals surface area contributed by atoms with Crippen molar-refractivity contribution in [2.45, 2.75) is 6.92 Å². The molecule has 0 aromatic heterocycles. The maximum absolute atomic E-state index is 3.66. The first-order valence-electron chi connectivity index (χ1n) is 6.92. The van der Waals surface area contributed by atoms with Crippen LogP contribution in [0.3, 0.4) is 0 Å². The molecule has 0 bridgehead atoms. The molecule has 0 spiro atoms. The molecule has 3 aromatic carbocycles. The van der Waals surface area contributed by atoms with E-state index >= 15 is 0 Å². The van der Waals surface area contributed by atoms with Crippen LogP contribution in [-0.4, -0.2) is 0 Å². The van der Waals surface area contributed by atoms with E-state index in [0.717, 1.165) is 21.5 Å². The van der Waals surface area contributed by atoms with E-state index < -0.39 is 0 Å². The number of nitrogens with zero attached hydrogens (tertiary/aromatic N) is 1. The van der Waals surface area contributed by atoms with Gasteiger partial charge in [-0.05, 0) is 59.3 Å². The number of hydrogen-bond donors (Lipinski definition) is 0. The Labute approximate surface area is 134 Å². The first kappa shape index (κ1) is 13.9. The Hall–Kier alpha value is -2.06. The monoisotopic (exact) mass is 337 g/mol. The van der Waals surface area contributed by atoms with Gasteiger partial charge >= 0.3 is 0 Å². The number of benzene rings is 3. The molecule has 3 rings (SSSR count). The highest BCUT2D eigenvalue weighted by atomic mass is 79.9. The summed E-state index contributed by atoms with van der Waals surface area (Å²) in [6.07, 6.45) is 0. The predicted octanol–water partition coefficient (Wildman–Crippen LogP) is 6.23. The fraction of sp³-hybridized carbons (Fsp3) is 0.0526. The summed E-state index contributed by atoms with van der Waals surface area (Å²) in [5.74, 6) is 0. The van der Waals surface area contributed by atoms with Crippen molar-refractivity contribution in [3.63, 3.8) is 0 Å². The lowest BCUT2D eigenvalue weighted by Crippen LogP contribution is -2.10. The van der Waals surface area contributed by atoms with Crippen LogP contribution >= 0.6 is 15.9 Å². The zero-order valence-electron chi connectivity index (χ0n) is 11.8. The summed E-state index contributed by atoms with van der Waals surface area (Å²) in [6, 6.07) is 27.3. The molecule has 0 aliphatic carbocycles. The molecule has 104 valence electrons. The maximum atomic E-state index is 3.66. The summed E-state index contributed by atoms with van der Waals surface area (Å²) in [7, 11) is 0. The highest BCUT2D eigenvalue weighted by molar-refractivity contribution is 9.10. The Balaban J connectivity index is 2.16. The molecule has 0 unspecified atom stereocenters. The zero-order valence-corrected chi connectivity index (χ0v) is 13.4. The van der Waals surface area contributed by atoms with E-state index in [4.69, 9.17) is 0 Å². The van der Waals surface area contributed by atoms with Crippen LogP contribution in [0.4, 0.5) is 17.1 Å². The highest BCUT2D eigenvalue weighted by Gasteiger charge is 2.13. The van der Waals surface area contributed by atoms with Gasteiger partial charge < -0.3 is 4.90 Å². The second kappa shape index (κ2) is 6.15. The minimum Gasteiger partial charge on any atom is -0.309 e. The lowest BCUT2D eigenvalue weighted by atomic mass is 10.1. The van der Waals surface area contributed by atoms with Gasteiger partial charge in [-0.25, -0.2) is 0 Å². The van der Waals surface area contributed by atoms with Gasteiger partial charge in [0.05, 0.1) is 5.69 Å². The van der Waals surface area contributed by atoms with E-state index in [-0.39, 0.29) is 0 Å². The number of halogens is 1. The molecule has 0 heterocycles. The second-order valence-electron chi connectivity index (χ2n) is 4.96. The average Bonchev–Trinajstić information content (AvgIpc) is 2.52. The molecule has 0 aliphatic heterocycles. The van der Waals surface area contributed by atoms with Crippen LogP contribution < -0.4 is 4.90 Å². The summed E-state index contributed by atoms with van der Waals surface area (Å²) in [5, 5.41) is 0. The summed E-state index contributed by atoms with van der Waals surface area (Å²) in [4.78, 5) is 2.25. The molecule has 0 fully saturated rings. The maximum Gasteiger partial charge on any atom is 0.0603 e. The third-order valence-corrected chi connectivity index (χ3v) is 4.07. The van der Waals surface area contributed by atoms with Gasteiger partial charge in [0, 0.05) is 15.8 Å². The molecule has 21 heavy (non-hydrogen) atoms. The van der Waals surface area contributed by atoms with Gasteiger partial charge in [-0.15, -0.1) is 0 Å². The SMILES string of the molecule is Cc1ccc(N(c2ccccc2)c2ccccc2Br)cc1. The van der Waals surface area contributed by atoms with E-state index in [1.165, 1.54) is 5.56 Å². The average molecular weight is 338 g/mol. The number of aryl methyl sites for hydroxylation is 1. The first-order valence-corrected chi connectivity index (χ1v) is 7.71. The molecular weight excluding hydrogens is 322 g/mol. The lowest BCUT2D eigenvalue weighted by molar-refractivity contribution is 1.27. The molecule has 0 N–H and O–H groups in total. The Morgan fingerprint density at radius 1 is 0.667 bits per heavy atom. The molecule has 0 amide bonds. The molecular formula is C19H16BrN.